The highest BCUT2D eigenvalue weighted by molar-refractivity contribution is 6.08. The molecule has 0 saturated heterocycles. The van der Waals surface area contributed by atoms with Gasteiger partial charge in [-0.3, -0.25) is 0 Å². The van der Waals surface area contributed by atoms with Gasteiger partial charge in [-0.15, -0.1) is 0 Å². The van der Waals surface area contributed by atoms with Crippen LogP contribution in [0.2, 0.25) is 0 Å². The Morgan fingerprint density at radius 1 is 0.344 bits per heavy atom. The van der Waals surface area contributed by atoms with Crippen molar-refractivity contribution in [3.05, 3.63) is 242 Å². The van der Waals surface area contributed by atoms with Crippen molar-refractivity contribution in [3.8, 4) is 33.4 Å². The predicted molar refractivity (Wildman–Crippen MR) is 259 cm³/mol. The number of rotatable bonds is 7. The molecule has 0 N–H and O–H groups in total. The van der Waals surface area contributed by atoms with E-state index in [2.05, 4.69) is 254 Å². The molecular formula is C59H44N2. The van der Waals surface area contributed by atoms with Gasteiger partial charge in [-0.2, -0.15) is 0 Å². The molecule has 10 aromatic carbocycles. The van der Waals surface area contributed by atoms with Gasteiger partial charge in [-0.05, 0) is 97.6 Å². The maximum atomic E-state index is 2.55. The van der Waals surface area contributed by atoms with Gasteiger partial charge >= 0.3 is 0 Å². The van der Waals surface area contributed by atoms with Crippen LogP contribution < -0.4 is 9.80 Å². The summed E-state index contributed by atoms with van der Waals surface area (Å²) in [6.45, 7) is 4.74. The first-order valence-corrected chi connectivity index (χ1v) is 21.2. The third-order valence-electron chi connectivity index (χ3n) is 12.6. The molecule has 0 unspecified atom stereocenters. The number of fused-ring (bicyclic) bond motifs is 4. The molecule has 11 rings (SSSR count). The van der Waals surface area contributed by atoms with Crippen LogP contribution >= 0.6 is 0 Å². The summed E-state index contributed by atoms with van der Waals surface area (Å²) in [6, 6.07) is 84.2. The molecule has 2 nitrogen and oxygen atoms in total. The first kappa shape index (κ1) is 36.4. The fourth-order valence-corrected chi connectivity index (χ4v) is 9.58. The first-order chi connectivity index (χ1) is 30.0. The molecule has 1 heterocycles. The van der Waals surface area contributed by atoms with Crippen LogP contribution in [-0.2, 0) is 5.41 Å². The van der Waals surface area contributed by atoms with Crippen LogP contribution in [0.5, 0.6) is 0 Å². The molecule has 61 heavy (non-hydrogen) atoms. The summed E-state index contributed by atoms with van der Waals surface area (Å²) in [5, 5.41) is 4.93. The van der Waals surface area contributed by atoms with Crippen LogP contribution in [0.4, 0.5) is 34.1 Å². The van der Waals surface area contributed by atoms with Crippen molar-refractivity contribution in [1.82, 2.24) is 0 Å². The Morgan fingerprint density at radius 3 is 1.57 bits per heavy atom. The number of para-hydroxylation sites is 1. The first-order valence-electron chi connectivity index (χ1n) is 21.2. The highest BCUT2D eigenvalue weighted by Crippen LogP contribution is 2.56. The van der Waals surface area contributed by atoms with Gasteiger partial charge in [0.25, 0.3) is 0 Å². The lowest BCUT2D eigenvalue weighted by Gasteiger charge is -2.43. The monoisotopic (exact) mass is 780 g/mol. The van der Waals surface area contributed by atoms with Gasteiger partial charge in [0.1, 0.15) is 0 Å². The summed E-state index contributed by atoms with van der Waals surface area (Å²) < 4.78 is 0. The molecule has 0 radical (unpaired) electrons. The van der Waals surface area contributed by atoms with Crippen LogP contribution in [-0.4, -0.2) is 0 Å². The molecule has 0 amide bonds. The van der Waals surface area contributed by atoms with Crippen molar-refractivity contribution in [2.24, 2.45) is 0 Å². The summed E-state index contributed by atoms with van der Waals surface area (Å²) in [5.74, 6) is 0. The third kappa shape index (κ3) is 6.27. The van der Waals surface area contributed by atoms with E-state index < -0.39 is 0 Å². The number of hydrogen-bond acceptors (Lipinski definition) is 2. The van der Waals surface area contributed by atoms with Gasteiger partial charge in [0, 0.05) is 33.4 Å². The summed E-state index contributed by atoms with van der Waals surface area (Å²) in [6.07, 6.45) is 0. The van der Waals surface area contributed by atoms with Crippen LogP contribution in [0.1, 0.15) is 25.0 Å². The highest BCUT2D eigenvalue weighted by atomic mass is 15.2. The minimum atomic E-state index is -0.249. The molecule has 290 valence electrons. The number of benzene rings is 10. The highest BCUT2D eigenvalue weighted by Gasteiger charge is 2.38. The van der Waals surface area contributed by atoms with Crippen LogP contribution in [0.3, 0.4) is 0 Å². The normalized spacial score (nSPS) is 12.9. The van der Waals surface area contributed by atoms with Crippen molar-refractivity contribution in [2.45, 2.75) is 19.3 Å². The largest absolute Gasteiger partial charge is 0.310 e. The van der Waals surface area contributed by atoms with Gasteiger partial charge in [-0.25, -0.2) is 0 Å². The fraction of sp³-hybridized carbons (Fsp3) is 0.0508. The van der Waals surface area contributed by atoms with E-state index in [4.69, 9.17) is 0 Å². The Balaban J connectivity index is 1.13. The van der Waals surface area contributed by atoms with Crippen molar-refractivity contribution in [3.63, 3.8) is 0 Å². The number of nitrogens with zero attached hydrogens (tertiary/aromatic N) is 2. The van der Waals surface area contributed by atoms with Crippen LogP contribution in [0.25, 0.3) is 54.9 Å². The average Bonchev–Trinajstić information content (AvgIpc) is 3.32. The molecular weight excluding hydrogens is 737 g/mol. The molecule has 1 aliphatic heterocycles. The molecule has 1 aliphatic rings. The van der Waals surface area contributed by atoms with Gasteiger partial charge in [0.05, 0.1) is 17.1 Å². The number of hydrogen-bond donors (Lipinski definition) is 0. The second kappa shape index (κ2) is 14.9. The zero-order valence-electron chi connectivity index (χ0n) is 34.3. The van der Waals surface area contributed by atoms with Crippen molar-refractivity contribution in [1.29, 1.82) is 0 Å². The van der Waals surface area contributed by atoms with Gasteiger partial charge < -0.3 is 9.80 Å². The van der Waals surface area contributed by atoms with E-state index in [1.54, 1.807) is 0 Å². The molecule has 2 heteroatoms. The SMILES string of the molecule is CC1(C)c2ccccc2N(c2c(-c3ccccc3)ccc3ccccc23)c2cc(N(c3ccc(-c4ccccc4)cc3)c3ccc(-c4cccc5ccccc45)cc3)ccc21. The van der Waals surface area contributed by atoms with Crippen molar-refractivity contribution in [2.75, 3.05) is 9.80 Å². The van der Waals surface area contributed by atoms with Gasteiger partial charge in [-0.1, -0.05) is 202 Å². The second-order valence-electron chi connectivity index (χ2n) is 16.5. The van der Waals surface area contributed by atoms with E-state index >= 15 is 0 Å². The van der Waals surface area contributed by atoms with E-state index in [-0.39, 0.29) is 5.41 Å². The van der Waals surface area contributed by atoms with Crippen molar-refractivity contribution < 1.29 is 0 Å². The maximum Gasteiger partial charge on any atom is 0.0618 e. The summed E-state index contributed by atoms with van der Waals surface area (Å²) in [5.41, 5.74) is 16.4. The Labute approximate surface area is 358 Å². The van der Waals surface area contributed by atoms with Gasteiger partial charge in [0.2, 0.25) is 0 Å². The number of anilines is 6. The molecule has 0 saturated carbocycles. The van der Waals surface area contributed by atoms with Crippen LogP contribution in [0, 0.1) is 0 Å². The Hall–Kier alpha value is -7.68. The zero-order chi connectivity index (χ0) is 40.9. The standard InChI is InChI=1S/C59H44N2/c1-59(2)54-26-13-14-27-56(54)61(58-52-24-12-10-21-45(52)32-38-53(58)44-18-7-4-8-19-44)57-40-49(37-39-55(57)59)60(47-33-28-42(29-34-47)41-16-5-3-6-17-41)48-35-30-46(31-36-48)51-25-15-22-43-20-9-11-23-50(43)51/h3-40H,1-2H3. The third-order valence-corrected chi connectivity index (χ3v) is 12.6. The van der Waals surface area contributed by atoms with Gasteiger partial charge in [0.15, 0.2) is 0 Å². The molecule has 0 fully saturated rings. The Bertz CT molecular complexity index is 3200. The minimum Gasteiger partial charge on any atom is -0.310 e. The topological polar surface area (TPSA) is 6.48 Å². The lowest BCUT2D eigenvalue weighted by atomic mass is 9.73. The predicted octanol–water partition coefficient (Wildman–Crippen LogP) is 16.6. The lowest BCUT2D eigenvalue weighted by molar-refractivity contribution is 0.632. The minimum absolute atomic E-state index is 0.249. The quantitative estimate of drug-likeness (QED) is 0.159. The molecule has 0 atom stereocenters. The maximum absolute atomic E-state index is 2.55. The summed E-state index contributed by atoms with van der Waals surface area (Å²) in [7, 11) is 0. The van der Waals surface area contributed by atoms with E-state index in [0.717, 1.165) is 17.1 Å². The lowest BCUT2D eigenvalue weighted by Crippen LogP contribution is -2.31. The van der Waals surface area contributed by atoms with E-state index in [1.807, 2.05) is 0 Å². The zero-order valence-corrected chi connectivity index (χ0v) is 34.3. The molecule has 0 aliphatic carbocycles. The molecule has 0 bridgehead atoms. The summed E-state index contributed by atoms with van der Waals surface area (Å²) >= 11 is 0. The summed E-state index contributed by atoms with van der Waals surface area (Å²) in [4.78, 5) is 4.96. The second-order valence-corrected chi connectivity index (χ2v) is 16.5. The van der Waals surface area contributed by atoms with E-state index in [1.165, 1.54) is 83.1 Å². The Kier molecular flexibility index (Phi) is 8.86. The molecule has 10 aromatic rings. The molecule has 0 spiro atoms. The fourth-order valence-electron chi connectivity index (χ4n) is 9.58. The van der Waals surface area contributed by atoms with E-state index in [9.17, 15) is 0 Å². The van der Waals surface area contributed by atoms with Crippen molar-refractivity contribution >= 4 is 55.7 Å². The average molecular weight is 781 g/mol. The Morgan fingerprint density at radius 2 is 0.852 bits per heavy atom. The van der Waals surface area contributed by atoms with E-state index in [0.29, 0.717) is 0 Å². The van der Waals surface area contributed by atoms with Crippen LogP contribution in [0.15, 0.2) is 231 Å². The smallest absolute Gasteiger partial charge is 0.0618 e. The molecule has 0 aromatic heterocycles.